The van der Waals surface area contributed by atoms with Gasteiger partial charge in [0.1, 0.15) is 24.4 Å². The monoisotopic (exact) mass is 352 g/mol. The van der Waals surface area contributed by atoms with Gasteiger partial charge in [0.25, 0.3) is 0 Å². The molecular weight excluding hydrogens is 332 g/mol. The van der Waals surface area contributed by atoms with Crippen molar-refractivity contribution in [3.63, 3.8) is 0 Å². The standard InChI is InChI=1S/C16H20N2O7/c1-9(19)24-8-13(17)15(21)18-14(16(22)23)7-11-3-5-12(6-4-11)25-10(2)20/h3-6,13-14H,7-8,17H2,1-2H3,(H,18,21)(H,22,23). The van der Waals surface area contributed by atoms with Gasteiger partial charge < -0.3 is 25.6 Å². The number of rotatable bonds is 8. The average Bonchev–Trinajstić information content (AvgIpc) is 2.52. The third-order valence-corrected chi connectivity index (χ3v) is 3.04. The van der Waals surface area contributed by atoms with Gasteiger partial charge in [-0.1, -0.05) is 12.1 Å². The molecule has 0 radical (unpaired) electrons. The molecule has 1 aromatic carbocycles. The largest absolute Gasteiger partial charge is 0.480 e. The topological polar surface area (TPSA) is 145 Å². The SMILES string of the molecule is CC(=O)OCC(N)C(=O)NC(Cc1ccc(OC(C)=O)cc1)C(=O)O. The van der Waals surface area contributed by atoms with Crippen LogP contribution >= 0.6 is 0 Å². The van der Waals surface area contributed by atoms with Crippen LogP contribution in [0.3, 0.4) is 0 Å². The molecule has 1 aromatic rings. The van der Waals surface area contributed by atoms with Crippen molar-refractivity contribution >= 4 is 23.8 Å². The molecule has 1 amide bonds. The summed E-state index contributed by atoms with van der Waals surface area (Å²) in [6.45, 7) is 2.09. The number of hydrogen-bond donors (Lipinski definition) is 3. The summed E-state index contributed by atoms with van der Waals surface area (Å²) in [5, 5.41) is 11.5. The lowest BCUT2D eigenvalue weighted by atomic mass is 10.1. The fourth-order valence-electron chi connectivity index (χ4n) is 1.86. The molecule has 2 atom stereocenters. The minimum Gasteiger partial charge on any atom is -0.480 e. The van der Waals surface area contributed by atoms with Gasteiger partial charge in [-0.3, -0.25) is 14.4 Å². The number of esters is 2. The molecule has 0 saturated carbocycles. The highest BCUT2D eigenvalue weighted by atomic mass is 16.5. The number of ether oxygens (including phenoxy) is 2. The Morgan fingerprint density at radius 3 is 2.20 bits per heavy atom. The molecule has 0 aromatic heterocycles. The summed E-state index contributed by atoms with van der Waals surface area (Å²) in [4.78, 5) is 44.8. The summed E-state index contributed by atoms with van der Waals surface area (Å²) in [5.74, 6) is -2.71. The number of carbonyl (C=O) groups is 4. The van der Waals surface area contributed by atoms with Crippen molar-refractivity contribution in [3.05, 3.63) is 29.8 Å². The molecular formula is C16H20N2O7. The maximum atomic E-state index is 11.9. The van der Waals surface area contributed by atoms with Gasteiger partial charge in [0.2, 0.25) is 5.91 Å². The first-order valence-corrected chi connectivity index (χ1v) is 7.38. The summed E-state index contributed by atoms with van der Waals surface area (Å²) >= 11 is 0. The van der Waals surface area contributed by atoms with E-state index in [4.69, 9.17) is 10.5 Å². The van der Waals surface area contributed by atoms with Crippen LogP contribution in [-0.4, -0.2) is 47.6 Å². The van der Waals surface area contributed by atoms with E-state index in [-0.39, 0.29) is 13.0 Å². The van der Waals surface area contributed by atoms with Gasteiger partial charge in [-0.2, -0.15) is 0 Å². The fourth-order valence-corrected chi connectivity index (χ4v) is 1.86. The van der Waals surface area contributed by atoms with Crippen LogP contribution in [0, 0.1) is 0 Å². The molecule has 0 bridgehead atoms. The summed E-state index contributed by atoms with van der Waals surface area (Å²) < 4.78 is 9.50. The molecule has 1 rings (SSSR count). The number of carboxylic acids is 1. The highest BCUT2D eigenvalue weighted by Gasteiger charge is 2.24. The summed E-state index contributed by atoms with van der Waals surface area (Å²) in [6, 6.07) is 3.82. The Kier molecular flexibility index (Phi) is 7.54. The Bertz CT molecular complexity index is 642. The zero-order chi connectivity index (χ0) is 19.0. The Labute approximate surface area is 144 Å². The number of nitrogens with two attached hydrogens (primary N) is 1. The summed E-state index contributed by atoms with van der Waals surface area (Å²) in [6.07, 6.45) is 0.00170. The molecule has 0 spiro atoms. The van der Waals surface area contributed by atoms with E-state index in [0.717, 1.165) is 0 Å². The Balaban J connectivity index is 2.67. The lowest BCUT2D eigenvalue weighted by Crippen LogP contribution is -2.51. The smallest absolute Gasteiger partial charge is 0.326 e. The van der Waals surface area contributed by atoms with Crippen LogP contribution in [-0.2, 0) is 30.3 Å². The predicted octanol–water partition coefficient (Wildman–Crippen LogP) is -0.386. The van der Waals surface area contributed by atoms with Crippen molar-refractivity contribution in [1.29, 1.82) is 0 Å². The molecule has 9 nitrogen and oxygen atoms in total. The third-order valence-electron chi connectivity index (χ3n) is 3.04. The van der Waals surface area contributed by atoms with Crippen LogP contribution in [0.2, 0.25) is 0 Å². The molecule has 0 aliphatic carbocycles. The first kappa shape index (κ1) is 20.1. The van der Waals surface area contributed by atoms with E-state index in [1.165, 1.54) is 26.0 Å². The van der Waals surface area contributed by atoms with E-state index in [0.29, 0.717) is 11.3 Å². The second-order valence-electron chi connectivity index (χ2n) is 5.25. The first-order chi connectivity index (χ1) is 11.7. The average molecular weight is 352 g/mol. The maximum absolute atomic E-state index is 11.9. The van der Waals surface area contributed by atoms with Crippen molar-refractivity contribution in [2.75, 3.05) is 6.61 Å². The zero-order valence-electron chi connectivity index (χ0n) is 13.9. The summed E-state index contributed by atoms with van der Waals surface area (Å²) in [7, 11) is 0. The molecule has 0 heterocycles. The van der Waals surface area contributed by atoms with E-state index >= 15 is 0 Å². The van der Waals surface area contributed by atoms with E-state index in [2.05, 4.69) is 10.1 Å². The molecule has 0 aliphatic heterocycles. The van der Waals surface area contributed by atoms with E-state index in [9.17, 15) is 24.3 Å². The van der Waals surface area contributed by atoms with Gasteiger partial charge in [0.15, 0.2) is 0 Å². The van der Waals surface area contributed by atoms with E-state index in [1.54, 1.807) is 12.1 Å². The number of amides is 1. The highest BCUT2D eigenvalue weighted by molar-refractivity contribution is 5.87. The minimum absolute atomic E-state index is 0.00170. The zero-order valence-corrected chi connectivity index (χ0v) is 13.9. The van der Waals surface area contributed by atoms with Gasteiger partial charge in [0, 0.05) is 20.3 Å². The molecule has 136 valence electrons. The van der Waals surface area contributed by atoms with Crippen LogP contribution in [0.4, 0.5) is 0 Å². The second-order valence-corrected chi connectivity index (χ2v) is 5.25. The molecule has 4 N–H and O–H groups in total. The van der Waals surface area contributed by atoms with Gasteiger partial charge in [-0.15, -0.1) is 0 Å². The lowest BCUT2D eigenvalue weighted by Gasteiger charge is -2.18. The summed E-state index contributed by atoms with van der Waals surface area (Å²) in [5.41, 5.74) is 6.15. The predicted molar refractivity (Wildman–Crippen MR) is 85.6 cm³/mol. The Morgan fingerprint density at radius 1 is 1.12 bits per heavy atom. The second kappa shape index (κ2) is 9.38. The molecule has 25 heavy (non-hydrogen) atoms. The minimum atomic E-state index is -1.24. The quantitative estimate of drug-likeness (QED) is 0.424. The number of nitrogens with one attached hydrogen (secondary N) is 1. The number of carbonyl (C=O) groups excluding carboxylic acids is 3. The van der Waals surface area contributed by atoms with Gasteiger partial charge in [-0.05, 0) is 17.7 Å². The van der Waals surface area contributed by atoms with Crippen molar-refractivity contribution in [3.8, 4) is 5.75 Å². The third kappa shape index (κ3) is 7.44. The van der Waals surface area contributed by atoms with Crippen molar-refractivity contribution in [2.24, 2.45) is 5.73 Å². The highest BCUT2D eigenvalue weighted by Crippen LogP contribution is 2.14. The van der Waals surface area contributed by atoms with Crippen LogP contribution in [0.15, 0.2) is 24.3 Å². The fraction of sp³-hybridized carbons (Fsp3) is 0.375. The molecule has 0 fully saturated rings. The lowest BCUT2D eigenvalue weighted by molar-refractivity contribution is -0.145. The van der Waals surface area contributed by atoms with Crippen LogP contribution in [0.5, 0.6) is 5.75 Å². The first-order valence-electron chi connectivity index (χ1n) is 7.38. The number of benzene rings is 1. The van der Waals surface area contributed by atoms with Crippen molar-refractivity contribution < 1.29 is 33.8 Å². The van der Waals surface area contributed by atoms with Crippen molar-refractivity contribution in [2.45, 2.75) is 32.4 Å². The van der Waals surface area contributed by atoms with E-state index < -0.39 is 35.9 Å². The Morgan fingerprint density at radius 2 is 1.72 bits per heavy atom. The van der Waals surface area contributed by atoms with Gasteiger partial charge >= 0.3 is 17.9 Å². The van der Waals surface area contributed by atoms with Gasteiger partial charge in [0.05, 0.1) is 0 Å². The molecule has 0 saturated heterocycles. The van der Waals surface area contributed by atoms with Crippen LogP contribution in [0.25, 0.3) is 0 Å². The van der Waals surface area contributed by atoms with Gasteiger partial charge in [-0.25, -0.2) is 4.79 Å². The van der Waals surface area contributed by atoms with Crippen molar-refractivity contribution in [1.82, 2.24) is 5.32 Å². The number of carboxylic acid groups (broad SMARTS) is 1. The normalized spacial score (nSPS) is 12.6. The maximum Gasteiger partial charge on any atom is 0.326 e. The number of aliphatic carboxylic acids is 1. The molecule has 0 aliphatic rings. The Hall–Kier alpha value is -2.94. The molecule has 2 unspecified atom stereocenters. The number of hydrogen-bond acceptors (Lipinski definition) is 7. The molecule has 9 heteroatoms. The van der Waals surface area contributed by atoms with Crippen LogP contribution in [0.1, 0.15) is 19.4 Å². The van der Waals surface area contributed by atoms with Crippen LogP contribution < -0.4 is 15.8 Å². The van der Waals surface area contributed by atoms with E-state index in [1.807, 2.05) is 0 Å².